The van der Waals surface area contributed by atoms with E-state index >= 15 is 0 Å². The third kappa shape index (κ3) is 3.20. The van der Waals surface area contributed by atoms with Gasteiger partial charge in [-0.15, -0.1) is 0 Å². The molecule has 0 aliphatic carbocycles. The SMILES string of the molecule is Cc1nc2c(C(N)=O)cc(-c3ccnc(F)c3F)cc2n1-c1ccnc2c(Cl)ccc(F)c12. The number of benzene rings is 2. The van der Waals surface area contributed by atoms with Crippen LogP contribution in [0.15, 0.2) is 48.8 Å². The topological polar surface area (TPSA) is 86.7 Å². The van der Waals surface area contributed by atoms with Crippen molar-refractivity contribution < 1.29 is 18.0 Å². The number of nitrogens with zero attached hydrogens (tertiary/aromatic N) is 4. The fourth-order valence-electron chi connectivity index (χ4n) is 3.94. The van der Waals surface area contributed by atoms with Gasteiger partial charge in [-0.3, -0.25) is 14.3 Å². The van der Waals surface area contributed by atoms with E-state index in [1.165, 1.54) is 36.5 Å². The van der Waals surface area contributed by atoms with Crippen molar-refractivity contribution in [3.05, 3.63) is 82.8 Å². The van der Waals surface area contributed by atoms with Crippen molar-refractivity contribution in [1.29, 1.82) is 0 Å². The normalized spacial score (nSPS) is 11.4. The van der Waals surface area contributed by atoms with Gasteiger partial charge < -0.3 is 5.73 Å². The van der Waals surface area contributed by atoms with Crippen LogP contribution in [0.25, 0.3) is 38.8 Å². The van der Waals surface area contributed by atoms with E-state index in [0.29, 0.717) is 17.0 Å². The zero-order valence-electron chi connectivity index (χ0n) is 16.9. The maximum absolute atomic E-state index is 14.9. The molecule has 0 atom stereocenters. The highest BCUT2D eigenvalue weighted by atomic mass is 35.5. The highest BCUT2D eigenvalue weighted by Crippen LogP contribution is 2.35. The summed E-state index contributed by atoms with van der Waals surface area (Å²) < 4.78 is 44.8. The summed E-state index contributed by atoms with van der Waals surface area (Å²) in [4.78, 5) is 24.1. The van der Waals surface area contributed by atoms with E-state index in [-0.39, 0.29) is 38.1 Å². The fourth-order valence-corrected chi connectivity index (χ4v) is 4.15. The minimum atomic E-state index is -1.28. The molecule has 0 saturated carbocycles. The number of aryl methyl sites for hydroxylation is 1. The summed E-state index contributed by atoms with van der Waals surface area (Å²) in [6, 6.07) is 8.33. The molecule has 1 amide bonds. The maximum Gasteiger partial charge on any atom is 0.250 e. The van der Waals surface area contributed by atoms with Gasteiger partial charge in [0.2, 0.25) is 5.95 Å². The molecule has 2 N–H and O–H groups in total. The molecule has 2 aromatic carbocycles. The van der Waals surface area contributed by atoms with E-state index in [0.717, 1.165) is 6.20 Å². The first kappa shape index (κ1) is 20.9. The number of carbonyl (C=O) groups excluding carboxylic acids is 1. The van der Waals surface area contributed by atoms with Gasteiger partial charge >= 0.3 is 0 Å². The number of carbonyl (C=O) groups is 1. The van der Waals surface area contributed by atoms with Gasteiger partial charge in [0.1, 0.15) is 17.2 Å². The average molecular weight is 468 g/mol. The Balaban J connectivity index is 1.92. The van der Waals surface area contributed by atoms with Crippen LogP contribution in [-0.4, -0.2) is 25.4 Å². The molecule has 3 heterocycles. The molecule has 0 fully saturated rings. The summed E-state index contributed by atoms with van der Waals surface area (Å²) in [5.74, 6) is -3.43. The van der Waals surface area contributed by atoms with Gasteiger partial charge in [-0.1, -0.05) is 11.6 Å². The molecule has 10 heteroatoms. The maximum atomic E-state index is 14.9. The first-order chi connectivity index (χ1) is 15.8. The van der Waals surface area contributed by atoms with Crippen LogP contribution < -0.4 is 5.73 Å². The highest BCUT2D eigenvalue weighted by molar-refractivity contribution is 6.35. The zero-order chi connectivity index (χ0) is 23.4. The molecule has 0 radical (unpaired) electrons. The Bertz CT molecular complexity index is 1620. The Morgan fingerprint density at radius 2 is 1.79 bits per heavy atom. The number of pyridine rings is 2. The van der Waals surface area contributed by atoms with Crippen molar-refractivity contribution in [1.82, 2.24) is 19.5 Å². The largest absolute Gasteiger partial charge is 0.366 e. The highest BCUT2D eigenvalue weighted by Gasteiger charge is 2.22. The summed E-state index contributed by atoms with van der Waals surface area (Å²) in [5.41, 5.74) is 6.78. The Hall–Kier alpha value is -3.98. The summed E-state index contributed by atoms with van der Waals surface area (Å²) >= 11 is 6.23. The van der Waals surface area contributed by atoms with Crippen LogP contribution >= 0.6 is 11.6 Å². The Labute approximate surface area is 189 Å². The van der Waals surface area contributed by atoms with Crippen molar-refractivity contribution in [2.24, 2.45) is 5.73 Å². The minimum Gasteiger partial charge on any atom is -0.366 e. The lowest BCUT2D eigenvalue weighted by Crippen LogP contribution is -2.12. The molecule has 0 unspecified atom stereocenters. The summed E-state index contributed by atoms with van der Waals surface area (Å²) in [6.45, 7) is 1.66. The molecule has 5 rings (SSSR count). The predicted octanol–water partition coefficient (Wildman–Crippen LogP) is 5.11. The summed E-state index contributed by atoms with van der Waals surface area (Å²) in [6.07, 6.45) is 2.57. The number of amides is 1. The average Bonchev–Trinajstić information content (AvgIpc) is 3.12. The van der Waals surface area contributed by atoms with Crippen LogP contribution in [0, 0.1) is 24.5 Å². The summed E-state index contributed by atoms with van der Waals surface area (Å²) in [5, 5.41) is 0.391. The number of imidazole rings is 1. The predicted molar refractivity (Wildman–Crippen MR) is 118 cm³/mol. The third-order valence-electron chi connectivity index (χ3n) is 5.36. The molecular weight excluding hydrogens is 455 g/mol. The second-order valence-corrected chi connectivity index (χ2v) is 7.70. The van der Waals surface area contributed by atoms with Crippen molar-refractivity contribution in [2.75, 3.05) is 0 Å². The number of rotatable bonds is 3. The molecule has 164 valence electrons. The molecule has 33 heavy (non-hydrogen) atoms. The lowest BCUT2D eigenvalue weighted by molar-refractivity contribution is 0.100. The number of primary amides is 1. The van der Waals surface area contributed by atoms with E-state index in [2.05, 4.69) is 15.0 Å². The van der Waals surface area contributed by atoms with E-state index in [9.17, 15) is 18.0 Å². The van der Waals surface area contributed by atoms with Gasteiger partial charge in [-0.25, -0.2) is 18.7 Å². The van der Waals surface area contributed by atoms with E-state index in [1.807, 2.05) is 0 Å². The van der Waals surface area contributed by atoms with E-state index < -0.39 is 23.5 Å². The number of hydrogen-bond donors (Lipinski definition) is 1. The smallest absolute Gasteiger partial charge is 0.250 e. The first-order valence-corrected chi connectivity index (χ1v) is 10.0. The standard InChI is InChI=1S/C23H13ClF3N5O/c1-10-31-20-13(23(28)33)8-11(12-4-6-30-22(27)19(12)26)9-17(20)32(10)16-5-7-29-21-14(24)2-3-15(25)18(16)21/h2-9H,1H3,(H2,28,33). The number of fused-ring (bicyclic) bond motifs is 2. The lowest BCUT2D eigenvalue weighted by Gasteiger charge is -2.13. The molecule has 0 bridgehead atoms. The second-order valence-electron chi connectivity index (χ2n) is 7.30. The van der Waals surface area contributed by atoms with Gasteiger partial charge in [-0.2, -0.15) is 4.39 Å². The number of aromatic nitrogens is 4. The van der Waals surface area contributed by atoms with Crippen molar-refractivity contribution >= 4 is 39.4 Å². The number of halogens is 4. The van der Waals surface area contributed by atoms with E-state index in [4.69, 9.17) is 17.3 Å². The Morgan fingerprint density at radius 1 is 1.03 bits per heavy atom. The molecule has 5 aromatic rings. The minimum absolute atomic E-state index is 0.00200. The van der Waals surface area contributed by atoms with E-state index in [1.54, 1.807) is 17.6 Å². The van der Waals surface area contributed by atoms with Crippen LogP contribution in [-0.2, 0) is 0 Å². The fraction of sp³-hybridized carbons (Fsp3) is 0.0435. The second kappa shape index (κ2) is 7.56. The van der Waals surface area contributed by atoms with Crippen molar-refractivity contribution in [3.8, 4) is 16.8 Å². The van der Waals surface area contributed by atoms with Crippen LogP contribution in [0.1, 0.15) is 16.2 Å². The molecule has 6 nitrogen and oxygen atoms in total. The van der Waals surface area contributed by atoms with Gasteiger partial charge in [0.25, 0.3) is 5.91 Å². The molecular formula is C23H13ClF3N5O. The first-order valence-electron chi connectivity index (χ1n) is 9.64. The van der Waals surface area contributed by atoms with Crippen molar-refractivity contribution in [3.63, 3.8) is 0 Å². The molecule has 0 aliphatic rings. The molecule has 3 aromatic heterocycles. The van der Waals surface area contributed by atoms with Crippen LogP contribution in [0.3, 0.4) is 0 Å². The third-order valence-corrected chi connectivity index (χ3v) is 5.67. The number of hydrogen-bond acceptors (Lipinski definition) is 4. The quantitative estimate of drug-likeness (QED) is 0.373. The molecule has 0 aliphatic heterocycles. The van der Waals surface area contributed by atoms with Crippen LogP contribution in [0.4, 0.5) is 13.2 Å². The number of nitrogens with two attached hydrogens (primary N) is 1. The van der Waals surface area contributed by atoms with Gasteiger partial charge in [0.15, 0.2) is 5.82 Å². The monoisotopic (exact) mass is 467 g/mol. The van der Waals surface area contributed by atoms with Crippen molar-refractivity contribution in [2.45, 2.75) is 6.92 Å². The van der Waals surface area contributed by atoms with Crippen LogP contribution in [0.5, 0.6) is 0 Å². The summed E-state index contributed by atoms with van der Waals surface area (Å²) in [7, 11) is 0. The van der Waals surface area contributed by atoms with Gasteiger partial charge in [0, 0.05) is 18.0 Å². The Morgan fingerprint density at radius 3 is 2.55 bits per heavy atom. The molecule has 0 spiro atoms. The van der Waals surface area contributed by atoms with Crippen LogP contribution in [0.2, 0.25) is 5.02 Å². The lowest BCUT2D eigenvalue weighted by atomic mass is 10.0. The Kier molecular flexibility index (Phi) is 4.79. The van der Waals surface area contributed by atoms with Gasteiger partial charge in [-0.05, 0) is 48.9 Å². The van der Waals surface area contributed by atoms with Gasteiger partial charge in [0.05, 0.1) is 32.7 Å². The molecule has 0 saturated heterocycles. The zero-order valence-corrected chi connectivity index (χ0v) is 17.7.